The Bertz CT molecular complexity index is 892. The number of fused-ring (bicyclic) bond motifs is 2. The number of benzene rings is 2. The van der Waals surface area contributed by atoms with Gasteiger partial charge in [0.25, 0.3) is 5.91 Å². The summed E-state index contributed by atoms with van der Waals surface area (Å²) in [7, 11) is 0. The van der Waals surface area contributed by atoms with Gasteiger partial charge >= 0.3 is 0 Å². The highest BCUT2D eigenvalue weighted by atomic mass is 16.7. The van der Waals surface area contributed by atoms with Crippen LogP contribution in [0.1, 0.15) is 35.6 Å². The van der Waals surface area contributed by atoms with Crippen LogP contribution in [0.25, 0.3) is 0 Å². The molecule has 0 atom stereocenters. The maximum absolute atomic E-state index is 12.0. The molecule has 1 heterocycles. The van der Waals surface area contributed by atoms with Gasteiger partial charge in [-0.25, -0.2) is 0 Å². The van der Waals surface area contributed by atoms with Crippen LogP contribution in [0.2, 0.25) is 0 Å². The SMILES string of the molecule is C/C(=N\OCC(=O)NCc1ccc2c(c1)CCC2)c1ccc2c(c1)OCO2. The number of hydrogen-bond acceptors (Lipinski definition) is 5. The molecule has 6 heteroatoms. The zero-order valence-corrected chi connectivity index (χ0v) is 15.3. The van der Waals surface area contributed by atoms with Crippen molar-refractivity contribution < 1.29 is 19.1 Å². The van der Waals surface area contributed by atoms with Gasteiger partial charge in [0.15, 0.2) is 18.1 Å². The van der Waals surface area contributed by atoms with Crippen LogP contribution in [0, 0.1) is 0 Å². The molecular weight excluding hydrogens is 344 g/mol. The normalized spacial score (nSPS) is 14.8. The van der Waals surface area contributed by atoms with E-state index in [1.807, 2.05) is 25.1 Å². The topological polar surface area (TPSA) is 69.2 Å². The fraction of sp³-hybridized carbons (Fsp3) is 0.333. The molecule has 1 N–H and O–H groups in total. The van der Waals surface area contributed by atoms with E-state index in [9.17, 15) is 4.79 Å². The number of ether oxygens (including phenoxy) is 2. The Kier molecular flexibility index (Phi) is 4.96. The molecule has 27 heavy (non-hydrogen) atoms. The fourth-order valence-corrected chi connectivity index (χ4v) is 3.35. The van der Waals surface area contributed by atoms with E-state index in [-0.39, 0.29) is 19.3 Å². The summed E-state index contributed by atoms with van der Waals surface area (Å²) in [4.78, 5) is 17.2. The summed E-state index contributed by atoms with van der Waals surface area (Å²) in [5, 5.41) is 6.89. The largest absolute Gasteiger partial charge is 0.454 e. The second-order valence-electron chi connectivity index (χ2n) is 6.75. The van der Waals surface area contributed by atoms with E-state index in [4.69, 9.17) is 14.3 Å². The lowest BCUT2D eigenvalue weighted by atomic mass is 10.1. The smallest absolute Gasteiger partial charge is 0.261 e. The van der Waals surface area contributed by atoms with Crippen LogP contribution in [-0.4, -0.2) is 25.0 Å². The lowest BCUT2D eigenvalue weighted by molar-refractivity contribution is -0.125. The van der Waals surface area contributed by atoms with Gasteiger partial charge in [0.1, 0.15) is 0 Å². The maximum atomic E-state index is 12.0. The van der Waals surface area contributed by atoms with Crippen molar-refractivity contribution in [3.63, 3.8) is 0 Å². The van der Waals surface area contributed by atoms with Crippen molar-refractivity contribution in [2.75, 3.05) is 13.4 Å². The molecule has 1 amide bonds. The lowest BCUT2D eigenvalue weighted by Gasteiger charge is -2.07. The highest BCUT2D eigenvalue weighted by molar-refractivity contribution is 5.99. The minimum atomic E-state index is -0.197. The number of carbonyl (C=O) groups is 1. The first-order chi connectivity index (χ1) is 13.2. The van der Waals surface area contributed by atoms with Gasteiger partial charge in [0.05, 0.1) is 5.71 Å². The van der Waals surface area contributed by atoms with Crippen molar-refractivity contribution in [1.82, 2.24) is 5.32 Å². The van der Waals surface area contributed by atoms with Crippen molar-refractivity contribution in [2.45, 2.75) is 32.7 Å². The van der Waals surface area contributed by atoms with Crippen LogP contribution < -0.4 is 14.8 Å². The third-order valence-corrected chi connectivity index (χ3v) is 4.84. The molecule has 4 rings (SSSR count). The molecule has 0 spiro atoms. The van der Waals surface area contributed by atoms with E-state index >= 15 is 0 Å². The summed E-state index contributed by atoms with van der Waals surface area (Å²) in [5.74, 6) is 1.21. The van der Waals surface area contributed by atoms with Crippen molar-refractivity contribution >= 4 is 11.6 Å². The van der Waals surface area contributed by atoms with Crippen molar-refractivity contribution in [3.05, 3.63) is 58.7 Å². The molecule has 0 aromatic heterocycles. The quantitative estimate of drug-likeness (QED) is 0.630. The molecule has 0 radical (unpaired) electrons. The van der Waals surface area contributed by atoms with Crippen molar-refractivity contribution in [1.29, 1.82) is 0 Å². The van der Waals surface area contributed by atoms with Crippen LogP contribution in [0.4, 0.5) is 0 Å². The first-order valence-electron chi connectivity index (χ1n) is 9.13. The summed E-state index contributed by atoms with van der Waals surface area (Å²) in [5.41, 5.74) is 5.48. The molecule has 1 aliphatic carbocycles. The molecule has 140 valence electrons. The zero-order chi connectivity index (χ0) is 18.6. The average molecular weight is 366 g/mol. The summed E-state index contributed by atoms with van der Waals surface area (Å²) in [6.45, 7) is 2.43. The first kappa shape index (κ1) is 17.4. The van der Waals surface area contributed by atoms with E-state index in [0.717, 1.165) is 29.7 Å². The maximum Gasteiger partial charge on any atom is 0.261 e. The molecular formula is C21H22N2O4. The molecule has 2 aromatic carbocycles. The Morgan fingerprint density at radius 2 is 1.96 bits per heavy atom. The molecule has 1 aliphatic heterocycles. The minimum Gasteiger partial charge on any atom is -0.454 e. The molecule has 6 nitrogen and oxygen atoms in total. The number of nitrogens with zero attached hydrogens (tertiary/aromatic N) is 1. The van der Waals surface area contributed by atoms with Crippen LogP contribution in [0.5, 0.6) is 11.5 Å². The Morgan fingerprint density at radius 3 is 2.89 bits per heavy atom. The van der Waals surface area contributed by atoms with Crippen LogP contribution in [-0.2, 0) is 29.0 Å². The molecule has 0 saturated heterocycles. The van der Waals surface area contributed by atoms with Gasteiger partial charge in [-0.3, -0.25) is 4.79 Å². The summed E-state index contributed by atoms with van der Waals surface area (Å²) >= 11 is 0. The Labute approximate surface area is 158 Å². The minimum absolute atomic E-state index is 0.118. The molecule has 0 bridgehead atoms. The van der Waals surface area contributed by atoms with Gasteiger partial charge in [0, 0.05) is 12.1 Å². The van der Waals surface area contributed by atoms with Crippen molar-refractivity contribution in [3.8, 4) is 11.5 Å². The van der Waals surface area contributed by atoms with Gasteiger partial charge in [-0.1, -0.05) is 23.4 Å². The fourth-order valence-electron chi connectivity index (χ4n) is 3.35. The number of aryl methyl sites for hydroxylation is 2. The molecule has 0 unspecified atom stereocenters. The second kappa shape index (κ2) is 7.70. The average Bonchev–Trinajstić information content (AvgIpc) is 3.34. The standard InChI is InChI=1S/C21H22N2O4/c1-14(17-7-8-19-20(10-17)26-13-25-19)23-27-12-21(24)22-11-15-5-6-16-3-2-4-18(16)9-15/h5-10H,2-4,11-13H2,1H3,(H,22,24)/b23-14+. The van der Waals surface area contributed by atoms with Crippen LogP contribution in [0.15, 0.2) is 41.6 Å². The Hall–Kier alpha value is -3.02. The van der Waals surface area contributed by atoms with E-state index in [2.05, 4.69) is 28.7 Å². The summed E-state index contributed by atoms with van der Waals surface area (Å²) in [6.07, 6.45) is 3.52. The van der Waals surface area contributed by atoms with E-state index in [1.54, 1.807) is 0 Å². The van der Waals surface area contributed by atoms with Gasteiger partial charge in [0.2, 0.25) is 6.79 Å². The third-order valence-electron chi connectivity index (χ3n) is 4.84. The number of oxime groups is 1. The number of nitrogens with one attached hydrogen (secondary N) is 1. The predicted molar refractivity (Wildman–Crippen MR) is 101 cm³/mol. The highest BCUT2D eigenvalue weighted by Gasteiger charge is 2.14. The summed E-state index contributed by atoms with van der Waals surface area (Å²) in [6, 6.07) is 12.0. The van der Waals surface area contributed by atoms with Gasteiger partial charge in [-0.05, 0) is 61.1 Å². The number of hydrogen-bond donors (Lipinski definition) is 1. The molecule has 0 saturated carbocycles. The second-order valence-corrected chi connectivity index (χ2v) is 6.75. The third kappa shape index (κ3) is 4.05. The monoisotopic (exact) mass is 366 g/mol. The Balaban J connectivity index is 1.26. The van der Waals surface area contributed by atoms with Gasteiger partial charge in [-0.15, -0.1) is 0 Å². The zero-order valence-electron chi connectivity index (χ0n) is 15.3. The van der Waals surface area contributed by atoms with Crippen LogP contribution >= 0.6 is 0 Å². The van der Waals surface area contributed by atoms with E-state index in [1.165, 1.54) is 17.5 Å². The van der Waals surface area contributed by atoms with Gasteiger partial charge in [-0.2, -0.15) is 0 Å². The first-order valence-corrected chi connectivity index (χ1v) is 9.13. The predicted octanol–water partition coefficient (Wildman–Crippen LogP) is 2.96. The van der Waals surface area contributed by atoms with E-state index < -0.39 is 0 Å². The van der Waals surface area contributed by atoms with Gasteiger partial charge < -0.3 is 19.6 Å². The number of rotatable bonds is 6. The Morgan fingerprint density at radius 1 is 1.11 bits per heavy atom. The van der Waals surface area contributed by atoms with Crippen molar-refractivity contribution in [2.24, 2.45) is 5.16 Å². The molecule has 2 aromatic rings. The number of amides is 1. The lowest BCUT2D eigenvalue weighted by Crippen LogP contribution is -2.26. The summed E-state index contributed by atoms with van der Waals surface area (Å²) < 4.78 is 10.6. The highest BCUT2D eigenvalue weighted by Crippen LogP contribution is 2.32. The molecule has 2 aliphatic rings. The van der Waals surface area contributed by atoms with Crippen LogP contribution in [0.3, 0.4) is 0 Å². The van der Waals surface area contributed by atoms with E-state index in [0.29, 0.717) is 18.0 Å². The molecule has 0 fully saturated rings. The number of carbonyl (C=O) groups excluding carboxylic acids is 1.